The number of amides is 2. The van der Waals surface area contributed by atoms with Crippen LogP contribution in [0.1, 0.15) is 44.1 Å². The van der Waals surface area contributed by atoms with E-state index in [1.54, 1.807) is 0 Å². The number of nitrogens with zero attached hydrogens (tertiary/aromatic N) is 2. The summed E-state index contributed by atoms with van der Waals surface area (Å²) < 4.78 is 5.37. The van der Waals surface area contributed by atoms with Crippen LogP contribution in [0, 0.1) is 0 Å². The lowest BCUT2D eigenvalue weighted by molar-refractivity contribution is -0.129. The van der Waals surface area contributed by atoms with E-state index in [1.807, 2.05) is 23.1 Å². The molecule has 4 rings (SSSR count). The van der Waals surface area contributed by atoms with Gasteiger partial charge in [0.25, 0.3) is 5.91 Å². The highest BCUT2D eigenvalue weighted by atomic mass is 16.5. The molecule has 1 aliphatic carbocycles. The van der Waals surface area contributed by atoms with Crippen LogP contribution in [0.4, 0.5) is 0 Å². The molecule has 1 aromatic rings. The highest BCUT2D eigenvalue weighted by Gasteiger charge is 2.40. The fraction of sp³-hybridized carbons (Fsp3) is 0.583. The van der Waals surface area contributed by atoms with Crippen molar-refractivity contribution in [2.45, 2.75) is 51.1 Å². The molecule has 2 amide bonds. The molecular weight excluding hydrogens is 378 g/mol. The predicted molar refractivity (Wildman–Crippen MR) is 116 cm³/mol. The minimum absolute atomic E-state index is 0.0290. The molecule has 2 aliphatic heterocycles. The molecule has 3 aliphatic rings. The van der Waals surface area contributed by atoms with Crippen LogP contribution in [0.2, 0.25) is 0 Å². The summed E-state index contributed by atoms with van der Waals surface area (Å²) in [5.41, 5.74) is 3.11. The van der Waals surface area contributed by atoms with Gasteiger partial charge < -0.3 is 15.0 Å². The van der Waals surface area contributed by atoms with E-state index >= 15 is 0 Å². The van der Waals surface area contributed by atoms with Crippen LogP contribution in [-0.2, 0) is 20.9 Å². The maximum Gasteiger partial charge on any atom is 0.251 e. The minimum Gasteiger partial charge on any atom is -0.379 e. The molecule has 1 unspecified atom stereocenters. The van der Waals surface area contributed by atoms with Crippen LogP contribution in [0.3, 0.4) is 0 Å². The van der Waals surface area contributed by atoms with Crippen molar-refractivity contribution in [3.05, 3.63) is 47.0 Å². The Morgan fingerprint density at radius 3 is 2.73 bits per heavy atom. The van der Waals surface area contributed by atoms with E-state index in [0.717, 1.165) is 76.1 Å². The molecular formula is C24H33N3O3. The molecule has 0 radical (unpaired) electrons. The first-order valence-corrected chi connectivity index (χ1v) is 11.4. The summed E-state index contributed by atoms with van der Waals surface area (Å²) in [5.74, 6) is 0.0305. The average Bonchev–Trinajstić information content (AvgIpc) is 3.04. The van der Waals surface area contributed by atoms with Crippen LogP contribution in [-0.4, -0.2) is 67.0 Å². The Kier molecular flexibility index (Phi) is 7.18. The third-order valence-electron chi connectivity index (χ3n) is 6.47. The Morgan fingerprint density at radius 2 is 1.93 bits per heavy atom. The Labute approximate surface area is 179 Å². The van der Waals surface area contributed by atoms with Crippen molar-refractivity contribution < 1.29 is 14.3 Å². The van der Waals surface area contributed by atoms with Crippen molar-refractivity contribution in [2.24, 2.45) is 0 Å². The monoisotopic (exact) mass is 411 g/mol. The van der Waals surface area contributed by atoms with Gasteiger partial charge in [-0.3, -0.25) is 14.5 Å². The van der Waals surface area contributed by atoms with E-state index in [2.05, 4.69) is 22.3 Å². The Morgan fingerprint density at radius 1 is 1.13 bits per heavy atom. The molecule has 0 spiro atoms. The summed E-state index contributed by atoms with van der Waals surface area (Å²) in [7, 11) is 0. The number of nitrogens with one attached hydrogen (secondary N) is 1. The van der Waals surface area contributed by atoms with Gasteiger partial charge in [-0.1, -0.05) is 36.8 Å². The lowest BCUT2D eigenvalue weighted by atomic mass is 9.88. The third kappa shape index (κ3) is 5.10. The van der Waals surface area contributed by atoms with Crippen molar-refractivity contribution in [3.63, 3.8) is 0 Å². The largest absolute Gasteiger partial charge is 0.379 e. The molecule has 0 bridgehead atoms. The van der Waals surface area contributed by atoms with Crippen molar-refractivity contribution in [3.8, 4) is 0 Å². The van der Waals surface area contributed by atoms with Crippen LogP contribution in [0.15, 0.2) is 41.5 Å². The maximum absolute atomic E-state index is 13.2. The van der Waals surface area contributed by atoms with Crippen molar-refractivity contribution in [1.29, 1.82) is 0 Å². The summed E-state index contributed by atoms with van der Waals surface area (Å²) in [5, 5.41) is 3.03. The van der Waals surface area contributed by atoms with Crippen LogP contribution in [0.5, 0.6) is 0 Å². The zero-order valence-corrected chi connectivity index (χ0v) is 17.8. The fourth-order valence-electron chi connectivity index (χ4n) is 4.87. The summed E-state index contributed by atoms with van der Waals surface area (Å²) >= 11 is 0. The third-order valence-corrected chi connectivity index (χ3v) is 6.47. The molecule has 0 aromatic heterocycles. The SMILES string of the molecule is O=C(CC1=C2CCCCC2N(Cc2ccccc2)C1=O)NCCCN1CCOCC1. The van der Waals surface area contributed by atoms with Crippen LogP contribution < -0.4 is 5.32 Å². The number of rotatable bonds is 8. The van der Waals surface area contributed by atoms with Gasteiger partial charge in [0.1, 0.15) is 0 Å². The van der Waals surface area contributed by atoms with Gasteiger partial charge in [-0.2, -0.15) is 0 Å². The maximum atomic E-state index is 13.2. The Hall–Kier alpha value is -2.18. The second-order valence-corrected chi connectivity index (χ2v) is 8.52. The summed E-state index contributed by atoms with van der Waals surface area (Å²) in [4.78, 5) is 30.2. The number of benzene rings is 1. The van der Waals surface area contributed by atoms with Crippen molar-refractivity contribution in [2.75, 3.05) is 39.4 Å². The van der Waals surface area contributed by atoms with Gasteiger partial charge in [0, 0.05) is 31.8 Å². The van der Waals surface area contributed by atoms with Crippen LogP contribution >= 0.6 is 0 Å². The van der Waals surface area contributed by atoms with Gasteiger partial charge in [-0.25, -0.2) is 0 Å². The number of morpholine rings is 1. The van der Waals surface area contributed by atoms with Gasteiger partial charge in [-0.15, -0.1) is 0 Å². The first-order chi connectivity index (χ1) is 14.7. The van der Waals surface area contributed by atoms with E-state index in [0.29, 0.717) is 13.1 Å². The smallest absolute Gasteiger partial charge is 0.251 e. The zero-order valence-electron chi connectivity index (χ0n) is 17.8. The quantitative estimate of drug-likeness (QED) is 0.668. The molecule has 1 atom stereocenters. The van der Waals surface area contributed by atoms with E-state index in [-0.39, 0.29) is 24.3 Å². The van der Waals surface area contributed by atoms with E-state index in [4.69, 9.17) is 4.74 Å². The Bertz CT molecular complexity index is 771. The van der Waals surface area contributed by atoms with Gasteiger partial charge in [0.05, 0.1) is 25.7 Å². The summed E-state index contributed by atoms with van der Waals surface area (Å²) in [6.07, 6.45) is 5.36. The number of hydrogen-bond donors (Lipinski definition) is 1. The summed E-state index contributed by atoms with van der Waals surface area (Å²) in [6.45, 7) is 5.79. The van der Waals surface area contributed by atoms with Crippen LogP contribution in [0.25, 0.3) is 0 Å². The van der Waals surface area contributed by atoms with Crippen molar-refractivity contribution in [1.82, 2.24) is 15.1 Å². The highest BCUT2D eigenvalue weighted by Crippen LogP contribution is 2.38. The molecule has 1 saturated carbocycles. The zero-order chi connectivity index (χ0) is 20.8. The second-order valence-electron chi connectivity index (χ2n) is 8.52. The normalized spacial score (nSPS) is 22.3. The lowest BCUT2D eigenvalue weighted by Gasteiger charge is -2.30. The van der Waals surface area contributed by atoms with Gasteiger partial charge >= 0.3 is 0 Å². The van der Waals surface area contributed by atoms with E-state index < -0.39 is 0 Å². The molecule has 2 heterocycles. The molecule has 162 valence electrons. The van der Waals surface area contributed by atoms with Gasteiger partial charge in [0.15, 0.2) is 0 Å². The number of carbonyl (C=O) groups is 2. The molecule has 2 fully saturated rings. The number of ether oxygens (including phenoxy) is 1. The molecule has 1 saturated heterocycles. The topological polar surface area (TPSA) is 61.9 Å². The molecule has 1 aromatic carbocycles. The predicted octanol–water partition coefficient (Wildman–Crippen LogP) is 2.50. The number of carbonyl (C=O) groups excluding carboxylic acids is 2. The average molecular weight is 412 g/mol. The fourth-order valence-corrected chi connectivity index (χ4v) is 4.87. The lowest BCUT2D eigenvalue weighted by Crippen LogP contribution is -2.38. The van der Waals surface area contributed by atoms with Crippen molar-refractivity contribution >= 4 is 11.8 Å². The van der Waals surface area contributed by atoms with E-state index in [9.17, 15) is 9.59 Å². The first kappa shape index (κ1) is 21.1. The highest BCUT2D eigenvalue weighted by molar-refractivity contribution is 6.02. The number of hydrogen-bond acceptors (Lipinski definition) is 4. The molecule has 6 heteroatoms. The number of fused-ring (bicyclic) bond motifs is 1. The summed E-state index contributed by atoms with van der Waals surface area (Å²) in [6, 6.07) is 10.3. The molecule has 1 N–H and O–H groups in total. The van der Waals surface area contributed by atoms with Gasteiger partial charge in [0.2, 0.25) is 5.91 Å². The standard InChI is InChI=1S/C24H33N3O3/c28-23(25-11-6-12-26-13-15-30-16-14-26)17-21-20-9-4-5-10-22(20)27(24(21)29)18-19-7-2-1-3-8-19/h1-3,7-8,22H,4-6,9-18H2,(H,25,28). The second kappa shape index (κ2) is 10.2. The molecule has 6 nitrogen and oxygen atoms in total. The van der Waals surface area contributed by atoms with Gasteiger partial charge in [-0.05, 0) is 43.4 Å². The molecule has 30 heavy (non-hydrogen) atoms. The minimum atomic E-state index is -0.0290. The van der Waals surface area contributed by atoms with E-state index in [1.165, 1.54) is 5.57 Å². The Balaban J connectivity index is 1.31. The first-order valence-electron chi connectivity index (χ1n) is 11.4.